The number of benzene rings is 1. The minimum absolute atomic E-state index is 1.10. The summed E-state index contributed by atoms with van der Waals surface area (Å²) in [5, 5.41) is 0. The Morgan fingerprint density at radius 1 is 0.913 bits per heavy atom. The Morgan fingerprint density at radius 3 is 2.13 bits per heavy atom. The van der Waals surface area contributed by atoms with Crippen LogP contribution in [-0.4, -0.2) is 0 Å². The van der Waals surface area contributed by atoms with E-state index >= 15 is 0 Å². The van der Waals surface area contributed by atoms with Crippen LogP contribution in [0, 0.1) is 0 Å². The first-order chi connectivity index (χ1) is 11.3. The molecule has 2 aliphatic carbocycles. The van der Waals surface area contributed by atoms with Gasteiger partial charge in [0.25, 0.3) is 0 Å². The molecule has 0 amide bonds. The highest BCUT2D eigenvalue weighted by Gasteiger charge is 2.19. The predicted molar refractivity (Wildman–Crippen MR) is 106 cm³/mol. The second-order valence-corrected chi connectivity index (χ2v) is 5.38. The maximum Gasteiger partial charge on any atom is -0.00170 e. The van der Waals surface area contributed by atoms with Crippen LogP contribution in [0.1, 0.15) is 71.4 Å². The number of allylic oxidation sites excluding steroid dienone is 6. The molecule has 0 saturated carbocycles. The molecule has 0 fully saturated rings. The molecule has 0 N–H and O–H groups in total. The highest BCUT2D eigenvalue weighted by atomic mass is 14.2. The largest absolute Gasteiger partial charge is 0.0985 e. The van der Waals surface area contributed by atoms with E-state index in [0.29, 0.717) is 0 Å². The molecule has 0 nitrogen and oxygen atoms in total. The monoisotopic (exact) mass is 308 g/mol. The Labute approximate surface area is 143 Å². The lowest BCUT2D eigenvalue weighted by atomic mass is 9.92. The van der Waals surface area contributed by atoms with Gasteiger partial charge < -0.3 is 0 Å². The van der Waals surface area contributed by atoms with Gasteiger partial charge in [-0.15, -0.1) is 0 Å². The molecule has 3 rings (SSSR count). The third-order valence-electron chi connectivity index (χ3n) is 4.21. The lowest BCUT2D eigenvalue weighted by Crippen LogP contribution is -1.94. The highest BCUT2D eigenvalue weighted by molar-refractivity contribution is 5.76. The molecule has 1 aromatic carbocycles. The van der Waals surface area contributed by atoms with E-state index in [2.05, 4.69) is 49.9 Å². The van der Waals surface area contributed by atoms with Gasteiger partial charge in [-0.1, -0.05) is 89.3 Å². The molecule has 0 heteroatoms. The minimum atomic E-state index is 1.10. The van der Waals surface area contributed by atoms with Crippen LogP contribution >= 0.6 is 0 Å². The van der Waals surface area contributed by atoms with Crippen LogP contribution in [0.3, 0.4) is 0 Å². The van der Waals surface area contributed by atoms with E-state index in [-0.39, 0.29) is 0 Å². The quantitative estimate of drug-likeness (QED) is 0.539. The van der Waals surface area contributed by atoms with Gasteiger partial charge in [-0.3, -0.25) is 0 Å². The SMILES string of the molecule is C=Cc1ccc(C2=CC3=C(C=C(CC)CC3)C2)cc1.CC.CC. The Balaban J connectivity index is 0.000000615. The summed E-state index contributed by atoms with van der Waals surface area (Å²) >= 11 is 0. The Hall–Kier alpha value is -1.82. The second kappa shape index (κ2) is 10.0. The van der Waals surface area contributed by atoms with Crippen molar-refractivity contribution in [1.82, 2.24) is 0 Å². The van der Waals surface area contributed by atoms with Crippen molar-refractivity contribution in [2.24, 2.45) is 0 Å². The smallest absolute Gasteiger partial charge is 0.00170 e. The van der Waals surface area contributed by atoms with Crippen molar-refractivity contribution in [2.75, 3.05) is 0 Å². The lowest BCUT2D eigenvalue weighted by Gasteiger charge is -2.13. The van der Waals surface area contributed by atoms with Crippen molar-refractivity contribution in [2.45, 2.75) is 60.3 Å². The molecule has 0 bridgehead atoms. The summed E-state index contributed by atoms with van der Waals surface area (Å²) in [5.41, 5.74) is 8.72. The average molecular weight is 309 g/mol. The Morgan fingerprint density at radius 2 is 1.57 bits per heavy atom. The fourth-order valence-electron chi connectivity index (χ4n) is 2.96. The summed E-state index contributed by atoms with van der Waals surface area (Å²) in [6.07, 6.45) is 11.5. The first-order valence-corrected chi connectivity index (χ1v) is 9.15. The van der Waals surface area contributed by atoms with Gasteiger partial charge in [0.05, 0.1) is 0 Å². The molecule has 0 spiro atoms. The van der Waals surface area contributed by atoms with E-state index < -0.39 is 0 Å². The van der Waals surface area contributed by atoms with E-state index in [0.717, 1.165) is 6.42 Å². The van der Waals surface area contributed by atoms with Crippen LogP contribution in [0.4, 0.5) is 0 Å². The molecule has 0 unspecified atom stereocenters. The molecule has 0 atom stereocenters. The normalized spacial score (nSPS) is 15.3. The van der Waals surface area contributed by atoms with Crippen molar-refractivity contribution in [3.63, 3.8) is 0 Å². The van der Waals surface area contributed by atoms with Gasteiger partial charge in [-0.05, 0) is 53.5 Å². The third kappa shape index (κ3) is 4.82. The van der Waals surface area contributed by atoms with Crippen LogP contribution in [0.2, 0.25) is 0 Å². The second-order valence-electron chi connectivity index (χ2n) is 5.38. The molecule has 0 saturated heterocycles. The standard InChI is InChI=1S/C19H20.2C2H6/c1-3-14-5-8-16(9-6-14)19-12-17-10-7-15(4-2)11-18(17)13-19;2*1-2/h3,5-6,8-9,11-12H,1,4,7,10,13H2,2H3;2*1-2H3. The number of hydrogen-bond donors (Lipinski definition) is 0. The van der Waals surface area contributed by atoms with Gasteiger partial charge in [0.15, 0.2) is 0 Å². The summed E-state index contributed by atoms with van der Waals surface area (Å²) in [4.78, 5) is 0. The van der Waals surface area contributed by atoms with E-state index in [4.69, 9.17) is 0 Å². The summed E-state index contributed by atoms with van der Waals surface area (Å²) in [6, 6.07) is 8.72. The van der Waals surface area contributed by atoms with E-state index in [1.54, 1.807) is 16.7 Å². The zero-order chi connectivity index (χ0) is 17.2. The summed E-state index contributed by atoms with van der Waals surface area (Å²) in [5.74, 6) is 0. The topological polar surface area (TPSA) is 0 Å². The van der Waals surface area contributed by atoms with Crippen molar-refractivity contribution in [3.8, 4) is 0 Å². The zero-order valence-electron chi connectivity index (χ0n) is 15.6. The van der Waals surface area contributed by atoms with Crippen LogP contribution in [-0.2, 0) is 0 Å². The van der Waals surface area contributed by atoms with E-state index in [1.807, 2.05) is 33.8 Å². The number of hydrogen-bond acceptors (Lipinski definition) is 0. The fourth-order valence-corrected chi connectivity index (χ4v) is 2.96. The van der Waals surface area contributed by atoms with Crippen LogP contribution < -0.4 is 0 Å². The predicted octanol–water partition coefficient (Wildman–Crippen LogP) is 7.60. The summed E-state index contributed by atoms with van der Waals surface area (Å²) < 4.78 is 0. The molecule has 0 heterocycles. The Bertz CT molecular complexity index is 591. The van der Waals surface area contributed by atoms with E-state index in [1.165, 1.54) is 36.0 Å². The first-order valence-electron chi connectivity index (χ1n) is 9.15. The van der Waals surface area contributed by atoms with Crippen LogP contribution in [0.25, 0.3) is 11.6 Å². The molecular weight excluding hydrogens is 276 g/mol. The van der Waals surface area contributed by atoms with Crippen molar-refractivity contribution >= 4 is 11.6 Å². The molecule has 0 aliphatic heterocycles. The zero-order valence-corrected chi connectivity index (χ0v) is 15.6. The van der Waals surface area contributed by atoms with Crippen molar-refractivity contribution in [3.05, 3.63) is 70.8 Å². The maximum atomic E-state index is 3.80. The molecule has 2 aliphatic rings. The van der Waals surface area contributed by atoms with Gasteiger partial charge in [0.1, 0.15) is 0 Å². The minimum Gasteiger partial charge on any atom is -0.0985 e. The molecular formula is C23H32. The van der Waals surface area contributed by atoms with Crippen LogP contribution in [0.15, 0.2) is 59.7 Å². The molecule has 124 valence electrons. The van der Waals surface area contributed by atoms with Crippen LogP contribution in [0.5, 0.6) is 0 Å². The van der Waals surface area contributed by atoms with Gasteiger partial charge in [-0.2, -0.15) is 0 Å². The molecule has 0 aromatic heterocycles. The molecule has 23 heavy (non-hydrogen) atoms. The van der Waals surface area contributed by atoms with Gasteiger partial charge in [-0.25, -0.2) is 0 Å². The fraction of sp³-hybridized carbons (Fsp3) is 0.391. The van der Waals surface area contributed by atoms with Gasteiger partial charge in [0.2, 0.25) is 0 Å². The molecule has 0 radical (unpaired) electrons. The highest BCUT2D eigenvalue weighted by Crippen LogP contribution is 2.39. The van der Waals surface area contributed by atoms with Crippen molar-refractivity contribution < 1.29 is 0 Å². The number of rotatable bonds is 3. The maximum absolute atomic E-state index is 3.80. The van der Waals surface area contributed by atoms with Gasteiger partial charge >= 0.3 is 0 Å². The van der Waals surface area contributed by atoms with Gasteiger partial charge in [0, 0.05) is 0 Å². The summed E-state index contributed by atoms with van der Waals surface area (Å²) in [7, 11) is 0. The average Bonchev–Trinajstić information content (AvgIpc) is 3.08. The molecule has 1 aromatic rings. The van der Waals surface area contributed by atoms with E-state index in [9.17, 15) is 0 Å². The lowest BCUT2D eigenvalue weighted by molar-refractivity contribution is 0.861. The Kier molecular flexibility index (Phi) is 8.40. The summed E-state index contributed by atoms with van der Waals surface area (Å²) in [6.45, 7) is 14.1. The first kappa shape index (κ1) is 19.2. The third-order valence-corrected chi connectivity index (χ3v) is 4.21. The van der Waals surface area contributed by atoms with Crippen molar-refractivity contribution in [1.29, 1.82) is 0 Å².